The van der Waals surface area contributed by atoms with Crippen molar-refractivity contribution in [2.24, 2.45) is 0 Å². The molecule has 0 spiro atoms. The number of tetrazole rings is 1. The SMILES string of the molecule is Cc1ccc(-c2ccccc2-c2nn[nH]n2)s1. The third-order valence-corrected chi connectivity index (χ3v) is 3.55. The number of nitrogens with one attached hydrogen (secondary N) is 1. The van der Waals surface area contributed by atoms with Gasteiger partial charge in [-0.3, -0.25) is 0 Å². The Kier molecular flexibility index (Phi) is 2.45. The average molecular weight is 242 g/mol. The van der Waals surface area contributed by atoms with Crippen LogP contribution in [0.25, 0.3) is 21.8 Å². The molecule has 1 N–H and O–H groups in total. The van der Waals surface area contributed by atoms with Gasteiger partial charge in [-0.2, -0.15) is 5.21 Å². The van der Waals surface area contributed by atoms with Crippen molar-refractivity contribution in [3.8, 4) is 21.8 Å². The minimum Gasteiger partial charge on any atom is -0.177 e. The fraction of sp³-hybridized carbons (Fsp3) is 0.0833. The first-order chi connectivity index (χ1) is 8.34. The predicted octanol–water partition coefficient (Wildman–Crippen LogP) is 2.90. The fourth-order valence-corrected chi connectivity index (χ4v) is 2.66. The summed E-state index contributed by atoms with van der Waals surface area (Å²) in [6, 6.07) is 12.3. The van der Waals surface area contributed by atoms with Crippen LogP contribution in [0, 0.1) is 6.92 Å². The number of aryl methyl sites for hydroxylation is 1. The van der Waals surface area contributed by atoms with E-state index in [1.165, 1.54) is 9.75 Å². The van der Waals surface area contributed by atoms with Crippen LogP contribution in [0.1, 0.15) is 4.88 Å². The van der Waals surface area contributed by atoms with Crippen molar-refractivity contribution in [1.29, 1.82) is 0 Å². The normalized spacial score (nSPS) is 10.6. The molecule has 2 aromatic heterocycles. The van der Waals surface area contributed by atoms with Gasteiger partial charge in [-0.25, -0.2) is 0 Å². The Balaban J connectivity index is 2.17. The first-order valence-corrected chi connectivity index (χ1v) is 6.06. The molecule has 0 saturated heterocycles. The smallest absolute Gasteiger partial charge is 0.177 e. The standard InChI is InChI=1S/C12H10N4S/c1-8-6-7-11(17-8)9-4-2-3-5-10(9)12-13-15-16-14-12/h2-7H,1H3,(H,13,14,15,16). The zero-order valence-electron chi connectivity index (χ0n) is 9.21. The Bertz CT molecular complexity index is 628. The molecular weight excluding hydrogens is 232 g/mol. The number of rotatable bonds is 2. The molecule has 0 fully saturated rings. The molecule has 0 aliphatic heterocycles. The lowest BCUT2D eigenvalue weighted by Crippen LogP contribution is -1.85. The summed E-state index contributed by atoms with van der Waals surface area (Å²) in [7, 11) is 0. The van der Waals surface area contributed by atoms with Crippen LogP contribution in [-0.4, -0.2) is 20.6 Å². The van der Waals surface area contributed by atoms with Gasteiger partial charge in [0.1, 0.15) is 0 Å². The molecule has 1 aromatic carbocycles. The summed E-state index contributed by atoms with van der Waals surface area (Å²) in [5, 5.41) is 14.2. The van der Waals surface area contributed by atoms with Crippen molar-refractivity contribution in [2.75, 3.05) is 0 Å². The number of H-pyrrole nitrogens is 1. The van der Waals surface area contributed by atoms with Crippen LogP contribution < -0.4 is 0 Å². The molecule has 0 unspecified atom stereocenters. The van der Waals surface area contributed by atoms with E-state index >= 15 is 0 Å². The Morgan fingerprint density at radius 2 is 1.88 bits per heavy atom. The first-order valence-electron chi connectivity index (χ1n) is 5.24. The zero-order chi connectivity index (χ0) is 11.7. The summed E-state index contributed by atoms with van der Waals surface area (Å²) in [5.41, 5.74) is 2.15. The van der Waals surface area contributed by atoms with Crippen molar-refractivity contribution >= 4 is 11.3 Å². The highest BCUT2D eigenvalue weighted by atomic mass is 32.1. The van der Waals surface area contributed by atoms with E-state index in [9.17, 15) is 0 Å². The highest BCUT2D eigenvalue weighted by molar-refractivity contribution is 7.15. The van der Waals surface area contributed by atoms with E-state index in [0.717, 1.165) is 11.1 Å². The van der Waals surface area contributed by atoms with Crippen LogP contribution in [0.3, 0.4) is 0 Å². The molecule has 17 heavy (non-hydrogen) atoms. The first kappa shape index (κ1) is 10.2. The Morgan fingerprint density at radius 3 is 2.53 bits per heavy atom. The van der Waals surface area contributed by atoms with E-state index in [4.69, 9.17) is 0 Å². The predicted molar refractivity (Wildman–Crippen MR) is 67.7 cm³/mol. The maximum atomic E-state index is 4.04. The molecule has 0 saturated carbocycles. The molecule has 3 aromatic rings. The van der Waals surface area contributed by atoms with Gasteiger partial charge in [-0.15, -0.1) is 21.5 Å². The van der Waals surface area contributed by atoms with Crippen molar-refractivity contribution in [3.05, 3.63) is 41.3 Å². The fourth-order valence-electron chi connectivity index (χ4n) is 1.75. The van der Waals surface area contributed by atoms with Crippen LogP contribution in [0.15, 0.2) is 36.4 Å². The summed E-state index contributed by atoms with van der Waals surface area (Å²) in [6.45, 7) is 2.10. The second-order valence-electron chi connectivity index (χ2n) is 3.69. The second-order valence-corrected chi connectivity index (χ2v) is 4.98. The lowest BCUT2D eigenvalue weighted by molar-refractivity contribution is 0.881. The van der Waals surface area contributed by atoms with Gasteiger partial charge in [0.25, 0.3) is 0 Å². The van der Waals surface area contributed by atoms with Crippen molar-refractivity contribution in [3.63, 3.8) is 0 Å². The van der Waals surface area contributed by atoms with E-state index in [1.807, 2.05) is 18.2 Å². The van der Waals surface area contributed by atoms with Gasteiger partial charge in [0.05, 0.1) is 0 Å². The van der Waals surface area contributed by atoms with Crippen LogP contribution in [0.4, 0.5) is 0 Å². The zero-order valence-corrected chi connectivity index (χ0v) is 10.0. The van der Waals surface area contributed by atoms with E-state index in [0.29, 0.717) is 5.82 Å². The lowest BCUT2D eigenvalue weighted by Gasteiger charge is -2.03. The highest BCUT2D eigenvalue weighted by Gasteiger charge is 2.11. The summed E-state index contributed by atoms with van der Waals surface area (Å²) < 4.78 is 0. The molecule has 2 heterocycles. The van der Waals surface area contributed by atoms with Crippen molar-refractivity contribution in [2.45, 2.75) is 6.92 Å². The molecule has 0 bridgehead atoms. The van der Waals surface area contributed by atoms with Gasteiger partial charge in [-0.1, -0.05) is 24.3 Å². The molecule has 0 aliphatic rings. The highest BCUT2D eigenvalue weighted by Crippen LogP contribution is 2.34. The minimum absolute atomic E-state index is 0.631. The average Bonchev–Trinajstić information content (AvgIpc) is 3.00. The molecule has 3 rings (SSSR count). The van der Waals surface area contributed by atoms with Gasteiger partial charge in [0, 0.05) is 20.9 Å². The van der Waals surface area contributed by atoms with Gasteiger partial charge >= 0.3 is 0 Å². The van der Waals surface area contributed by atoms with Gasteiger partial charge in [-0.05, 0) is 24.3 Å². The Labute approximate surface area is 102 Å². The van der Waals surface area contributed by atoms with Gasteiger partial charge in [0.2, 0.25) is 5.82 Å². The van der Waals surface area contributed by atoms with Gasteiger partial charge < -0.3 is 0 Å². The molecule has 0 amide bonds. The minimum atomic E-state index is 0.631. The second kappa shape index (κ2) is 4.10. The van der Waals surface area contributed by atoms with Crippen LogP contribution in [0.5, 0.6) is 0 Å². The van der Waals surface area contributed by atoms with Crippen LogP contribution >= 0.6 is 11.3 Å². The Hall–Kier alpha value is -2.01. The maximum absolute atomic E-state index is 4.04. The lowest BCUT2D eigenvalue weighted by atomic mass is 10.1. The number of hydrogen-bond donors (Lipinski definition) is 1. The molecule has 0 atom stereocenters. The van der Waals surface area contributed by atoms with E-state index in [2.05, 4.69) is 45.7 Å². The van der Waals surface area contributed by atoms with Crippen LogP contribution in [0.2, 0.25) is 0 Å². The molecule has 4 nitrogen and oxygen atoms in total. The molecule has 5 heteroatoms. The van der Waals surface area contributed by atoms with E-state index in [1.54, 1.807) is 11.3 Å². The largest absolute Gasteiger partial charge is 0.205 e. The topological polar surface area (TPSA) is 54.5 Å². The summed E-state index contributed by atoms with van der Waals surface area (Å²) in [4.78, 5) is 2.52. The van der Waals surface area contributed by atoms with Crippen molar-refractivity contribution in [1.82, 2.24) is 20.6 Å². The number of aromatic nitrogens is 4. The molecule has 84 valence electrons. The molecule has 0 aliphatic carbocycles. The third-order valence-electron chi connectivity index (χ3n) is 2.52. The van der Waals surface area contributed by atoms with E-state index < -0.39 is 0 Å². The maximum Gasteiger partial charge on any atom is 0.205 e. The van der Waals surface area contributed by atoms with Gasteiger partial charge in [0.15, 0.2) is 0 Å². The molecular formula is C12H10N4S. The monoisotopic (exact) mass is 242 g/mol. The third kappa shape index (κ3) is 1.85. The summed E-state index contributed by atoms with van der Waals surface area (Å²) >= 11 is 1.77. The number of nitrogens with zero attached hydrogens (tertiary/aromatic N) is 3. The van der Waals surface area contributed by atoms with Crippen LogP contribution in [-0.2, 0) is 0 Å². The number of aromatic amines is 1. The molecule has 0 radical (unpaired) electrons. The van der Waals surface area contributed by atoms with E-state index in [-0.39, 0.29) is 0 Å². The van der Waals surface area contributed by atoms with Crippen molar-refractivity contribution < 1.29 is 0 Å². The number of benzene rings is 1. The summed E-state index contributed by atoms with van der Waals surface area (Å²) in [5.74, 6) is 0.631. The summed E-state index contributed by atoms with van der Waals surface area (Å²) in [6.07, 6.45) is 0. The number of thiophene rings is 1. The Morgan fingerprint density at radius 1 is 1.06 bits per heavy atom. The quantitative estimate of drug-likeness (QED) is 0.751. The number of hydrogen-bond acceptors (Lipinski definition) is 4.